The van der Waals surface area contributed by atoms with Crippen molar-refractivity contribution in [3.63, 3.8) is 0 Å². The summed E-state index contributed by atoms with van der Waals surface area (Å²) in [5.74, 6) is 0.975. The molecule has 1 aliphatic rings. The maximum Gasteiger partial charge on any atom is 0.125 e. The van der Waals surface area contributed by atoms with Gasteiger partial charge in [-0.05, 0) is 65.5 Å². The summed E-state index contributed by atoms with van der Waals surface area (Å²) in [6.45, 7) is 2.88. The summed E-state index contributed by atoms with van der Waals surface area (Å²) in [5.41, 5.74) is 3.61. The smallest absolute Gasteiger partial charge is 0.125 e. The standard InChI is InChI=1S/C17H17Br2NO/c1-11-4-7-14(19)16(9-11)20-15-3-2-8-21-17-10-12(18)5-6-13(15)17/h4-7,9-10,15,20H,2-3,8H2,1H3. The first kappa shape index (κ1) is 14.9. The van der Waals surface area contributed by atoms with Crippen molar-refractivity contribution >= 4 is 37.5 Å². The Morgan fingerprint density at radius 2 is 2.00 bits per heavy atom. The Balaban J connectivity index is 1.94. The van der Waals surface area contributed by atoms with Gasteiger partial charge in [-0.15, -0.1) is 0 Å². The lowest BCUT2D eigenvalue weighted by Crippen LogP contribution is -2.10. The zero-order chi connectivity index (χ0) is 14.8. The van der Waals surface area contributed by atoms with Gasteiger partial charge in [0.05, 0.1) is 12.6 Å². The minimum Gasteiger partial charge on any atom is -0.493 e. The molecule has 1 N–H and O–H groups in total. The first-order valence-corrected chi connectivity index (χ1v) is 8.67. The Kier molecular flexibility index (Phi) is 4.55. The van der Waals surface area contributed by atoms with Crippen LogP contribution in [0.15, 0.2) is 45.3 Å². The number of fused-ring (bicyclic) bond motifs is 1. The van der Waals surface area contributed by atoms with E-state index in [0.29, 0.717) is 0 Å². The monoisotopic (exact) mass is 409 g/mol. The Hall–Kier alpha value is -1.00. The Labute approximate surface area is 142 Å². The van der Waals surface area contributed by atoms with Crippen LogP contribution >= 0.6 is 31.9 Å². The predicted octanol–water partition coefficient (Wildman–Crippen LogP) is 5.85. The maximum atomic E-state index is 5.87. The van der Waals surface area contributed by atoms with Crippen molar-refractivity contribution in [3.05, 3.63) is 56.5 Å². The van der Waals surface area contributed by atoms with Gasteiger partial charge in [0.1, 0.15) is 5.75 Å². The average molecular weight is 411 g/mol. The van der Waals surface area contributed by atoms with E-state index in [9.17, 15) is 0 Å². The number of nitrogens with one attached hydrogen (secondary N) is 1. The molecule has 110 valence electrons. The van der Waals surface area contributed by atoms with Crippen molar-refractivity contribution in [2.24, 2.45) is 0 Å². The topological polar surface area (TPSA) is 21.3 Å². The van der Waals surface area contributed by atoms with Crippen LogP contribution in [-0.2, 0) is 0 Å². The highest BCUT2D eigenvalue weighted by molar-refractivity contribution is 9.10. The average Bonchev–Trinajstić information content (AvgIpc) is 2.65. The van der Waals surface area contributed by atoms with E-state index in [0.717, 1.165) is 39.8 Å². The van der Waals surface area contributed by atoms with E-state index in [1.165, 1.54) is 11.1 Å². The van der Waals surface area contributed by atoms with E-state index in [-0.39, 0.29) is 6.04 Å². The summed E-state index contributed by atoms with van der Waals surface area (Å²) >= 11 is 7.14. The summed E-state index contributed by atoms with van der Waals surface area (Å²) in [4.78, 5) is 0. The molecule has 2 aromatic rings. The summed E-state index contributed by atoms with van der Waals surface area (Å²) in [5, 5.41) is 3.66. The molecule has 0 fully saturated rings. The van der Waals surface area contributed by atoms with Gasteiger partial charge in [-0.25, -0.2) is 0 Å². The quantitative estimate of drug-likeness (QED) is 0.670. The van der Waals surface area contributed by atoms with E-state index >= 15 is 0 Å². The zero-order valence-electron chi connectivity index (χ0n) is 11.8. The summed E-state index contributed by atoms with van der Waals surface area (Å²) in [6, 6.07) is 12.9. The molecule has 1 unspecified atom stereocenters. The van der Waals surface area contributed by atoms with Crippen LogP contribution in [0.3, 0.4) is 0 Å². The number of hydrogen-bond acceptors (Lipinski definition) is 2. The Morgan fingerprint density at radius 3 is 2.86 bits per heavy atom. The van der Waals surface area contributed by atoms with Gasteiger partial charge in [0.2, 0.25) is 0 Å². The summed E-state index contributed by atoms with van der Waals surface area (Å²) < 4.78 is 8.02. The molecule has 3 rings (SSSR count). The summed E-state index contributed by atoms with van der Waals surface area (Å²) in [6.07, 6.45) is 2.11. The zero-order valence-corrected chi connectivity index (χ0v) is 15.0. The molecule has 4 heteroatoms. The molecular formula is C17H17Br2NO. The molecule has 0 saturated heterocycles. The van der Waals surface area contributed by atoms with E-state index in [1.807, 2.05) is 0 Å². The molecule has 0 aromatic heterocycles. The van der Waals surface area contributed by atoms with Crippen molar-refractivity contribution in [2.45, 2.75) is 25.8 Å². The van der Waals surface area contributed by atoms with Crippen LogP contribution < -0.4 is 10.1 Å². The molecule has 21 heavy (non-hydrogen) atoms. The van der Waals surface area contributed by atoms with Crippen LogP contribution in [0.1, 0.15) is 30.0 Å². The number of rotatable bonds is 2. The largest absolute Gasteiger partial charge is 0.493 e. The number of hydrogen-bond donors (Lipinski definition) is 1. The Morgan fingerprint density at radius 1 is 1.14 bits per heavy atom. The second-order valence-electron chi connectivity index (χ2n) is 5.35. The lowest BCUT2D eigenvalue weighted by Gasteiger charge is -2.21. The fourth-order valence-corrected chi connectivity index (χ4v) is 3.33. The number of aryl methyl sites for hydroxylation is 1. The van der Waals surface area contributed by atoms with Gasteiger partial charge in [0.25, 0.3) is 0 Å². The van der Waals surface area contributed by atoms with Gasteiger partial charge in [-0.1, -0.05) is 28.1 Å². The molecule has 1 heterocycles. The number of ether oxygens (including phenoxy) is 1. The van der Waals surface area contributed by atoms with Crippen molar-refractivity contribution in [1.82, 2.24) is 0 Å². The first-order valence-electron chi connectivity index (χ1n) is 7.08. The van der Waals surface area contributed by atoms with Gasteiger partial charge in [0.15, 0.2) is 0 Å². The lowest BCUT2D eigenvalue weighted by molar-refractivity contribution is 0.316. The van der Waals surface area contributed by atoms with Gasteiger partial charge in [0, 0.05) is 20.2 Å². The van der Waals surface area contributed by atoms with Crippen molar-refractivity contribution in [2.75, 3.05) is 11.9 Å². The molecule has 0 spiro atoms. The van der Waals surface area contributed by atoms with Crippen LogP contribution in [0.2, 0.25) is 0 Å². The second kappa shape index (κ2) is 6.41. The van der Waals surface area contributed by atoms with Crippen LogP contribution in [0.25, 0.3) is 0 Å². The van der Waals surface area contributed by atoms with E-state index in [4.69, 9.17) is 4.74 Å². The number of halogens is 2. The highest BCUT2D eigenvalue weighted by Gasteiger charge is 2.20. The molecule has 2 aromatic carbocycles. The van der Waals surface area contributed by atoms with Crippen molar-refractivity contribution < 1.29 is 4.74 Å². The van der Waals surface area contributed by atoms with Gasteiger partial charge in [-0.3, -0.25) is 0 Å². The highest BCUT2D eigenvalue weighted by Crippen LogP contribution is 2.37. The minimum absolute atomic E-state index is 0.272. The fourth-order valence-electron chi connectivity index (χ4n) is 2.63. The molecule has 0 amide bonds. The van der Waals surface area contributed by atoms with Gasteiger partial charge >= 0.3 is 0 Å². The summed E-state index contributed by atoms with van der Waals surface area (Å²) in [7, 11) is 0. The maximum absolute atomic E-state index is 5.87. The van der Waals surface area contributed by atoms with Crippen LogP contribution in [0.4, 0.5) is 5.69 Å². The third-order valence-corrected chi connectivity index (χ3v) is 4.88. The van der Waals surface area contributed by atoms with Gasteiger partial charge < -0.3 is 10.1 Å². The molecule has 0 bridgehead atoms. The molecular weight excluding hydrogens is 394 g/mol. The lowest BCUT2D eigenvalue weighted by atomic mass is 10.0. The molecule has 1 aliphatic heterocycles. The molecule has 0 aliphatic carbocycles. The highest BCUT2D eigenvalue weighted by atomic mass is 79.9. The third kappa shape index (κ3) is 3.43. The van der Waals surface area contributed by atoms with Gasteiger partial charge in [-0.2, -0.15) is 0 Å². The molecule has 0 saturated carbocycles. The second-order valence-corrected chi connectivity index (χ2v) is 7.12. The Bertz CT molecular complexity index is 657. The van der Waals surface area contributed by atoms with Crippen molar-refractivity contribution in [1.29, 1.82) is 0 Å². The number of benzene rings is 2. The fraction of sp³-hybridized carbons (Fsp3) is 0.294. The van der Waals surface area contributed by atoms with Crippen LogP contribution in [0.5, 0.6) is 5.75 Å². The third-order valence-electron chi connectivity index (χ3n) is 3.70. The first-order chi connectivity index (χ1) is 10.1. The SMILES string of the molecule is Cc1ccc(Br)c(NC2CCCOc3cc(Br)ccc32)c1. The molecule has 0 radical (unpaired) electrons. The van der Waals surface area contributed by atoms with E-state index < -0.39 is 0 Å². The minimum atomic E-state index is 0.272. The van der Waals surface area contributed by atoms with Crippen molar-refractivity contribution in [3.8, 4) is 5.75 Å². The van der Waals surface area contributed by atoms with Crippen LogP contribution in [-0.4, -0.2) is 6.61 Å². The van der Waals surface area contributed by atoms with E-state index in [2.05, 4.69) is 80.5 Å². The van der Waals surface area contributed by atoms with Crippen LogP contribution in [0, 0.1) is 6.92 Å². The molecule has 1 atom stereocenters. The normalized spacial score (nSPS) is 17.6. The number of anilines is 1. The molecule has 2 nitrogen and oxygen atoms in total. The van der Waals surface area contributed by atoms with E-state index in [1.54, 1.807) is 0 Å². The predicted molar refractivity (Wildman–Crippen MR) is 94.1 cm³/mol.